The Morgan fingerprint density at radius 1 is 1.25 bits per heavy atom. The molecule has 11 heteroatoms. The lowest BCUT2D eigenvalue weighted by atomic mass is 9.92. The number of hydrogen-bond acceptors (Lipinski definition) is 9. The summed E-state index contributed by atoms with van der Waals surface area (Å²) in [5.41, 5.74) is 2.61. The van der Waals surface area contributed by atoms with E-state index in [9.17, 15) is 14.4 Å². The predicted octanol–water partition coefficient (Wildman–Crippen LogP) is 0.959. The Bertz CT molecular complexity index is 789. The Balaban J connectivity index is 2.52. The van der Waals surface area contributed by atoms with Gasteiger partial charge in [-0.2, -0.15) is 0 Å². The molecule has 1 aliphatic rings. The molecule has 0 radical (unpaired) electrons. The third kappa shape index (κ3) is 5.63. The number of nitrogens with zero attached hydrogens (tertiary/aromatic N) is 3. The molecule has 1 aromatic rings. The lowest BCUT2D eigenvalue weighted by Gasteiger charge is -2.44. The Morgan fingerprint density at radius 3 is 2.39 bits per heavy atom. The molecule has 5 atom stereocenters. The minimum atomic E-state index is -0.965. The fourth-order valence-electron chi connectivity index (χ4n) is 2.91. The number of ether oxygens (including phenoxy) is 4. The molecular formula is C17H20IN3O7. The van der Waals surface area contributed by atoms with Gasteiger partial charge in [0.15, 0.2) is 12.2 Å². The monoisotopic (exact) mass is 505 g/mol. The van der Waals surface area contributed by atoms with Gasteiger partial charge < -0.3 is 18.9 Å². The highest BCUT2D eigenvalue weighted by Crippen LogP contribution is 2.35. The van der Waals surface area contributed by atoms with Crippen molar-refractivity contribution in [2.24, 2.45) is 0 Å². The third-order valence-corrected chi connectivity index (χ3v) is 4.31. The molecule has 1 fully saturated rings. The Kier molecular flexibility index (Phi) is 7.72. The molecule has 0 aliphatic carbocycles. The Morgan fingerprint density at radius 2 is 1.89 bits per heavy atom. The summed E-state index contributed by atoms with van der Waals surface area (Å²) in [5, 5.41) is 7.99. The molecule has 2 heterocycles. The van der Waals surface area contributed by atoms with Gasteiger partial charge in [0.1, 0.15) is 28.6 Å². The molecule has 28 heavy (non-hydrogen) atoms. The number of hydrogen-bond donors (Lipinski definition) is 0. The lowest BCUT2D eigenvalue weighted by Crippen LogP contribution is -2.58. The molecular weight excluding hydrogens is 485 g/mol. The van der Waals surface area contributed by atoms with Crippen molar-refractivity contribution in [3.63, 3.8) is 0 Å². The molecule has 0 spiro atoms. The zero-order valence-corrected chi connectivity index (χ0v) is 17.7. The molecule has 2 rings (SSSR count). The van der Waals surface area contributed by atoms with Crippen LogP contribution in [0.4, 0.5) is 0 Å². The zero-order chi connectivity index (χ0) is 20.8. The molecule has 0 amide bonds. The van der Waals surface area contributed by atoms with Crippen LogP contribution in [0, 0.1) is 3.70 Å². The second-order valence-electron chi connectivity index (χ2n) is 5.97. The van der Waals surface area contributed by atoms with E-state index in [1.54, 1.807) is 6.20 Å². The topological polar surface area (TPSA) is 119 Å². The number of esters is 3. The van der Waals surface area contributed by atoms with E-state index in [1.165, 1.54) is 31.5 Å². The van der Waals surface area contributed by atoms with Gasteiger partial charge in [-0.25, -0.2) is 4.68 Å². The van der Waals surface area contributed by atoms with Gasteiger partial charge in [-0.05, 0) is 28.7 Å². The van der Waals surface area contributed by atoms with E-state index in [2.05, 4.69) is 22.6 Å². The van der Waals surface area contributed by atoms with Gasteiger partial charge in [-0.1, -0.05) is 11.8 Å². The lowest BCUT2D eigenvalue weighted by molar-refractivity contribution is -0.219. The molecule has 0 bridgehead atoms. The highest BCUT2D eigenvalue weighted by atomic mass is 127. The number of rotatable bonds is 6. The van der Waals surface area contributed by atoms with E-state index in [1.807, 2.05) is 22.6 Å². The van der Waals surface area contributed by atoms with Crippen LogP contribution in [0.15, 0.2) is 24.6 Å². The largest absolute Gasteiger partial charge is 0.463 e. The fourth-order valence-corrected chi connectivity index (χ4v) is 3.29. The van der Waals surface area contributed by atoms with Crippen molar-refractivity contribution < 1.29 is 33.3 Å². The van der Waals surface area contributed by atoms with Gasteiger partial charge in [0.25, 0.3) is 0 Å². The van der Waals surface area contributed by atoms with Gasteiger partial charge >= 0.3 is 17.9 Å². The van der Waals surface area contributed by atoms with E-state index < -0.39 is 48.4 Å². The van der Waals surface area contributed by atoms with Gasteiger partial charge in [-0.15, -0.1) is 10.8 Å². The maximum Gasteiger partial charge on any atom is 0.303 e. The maximum absolute atomic E-state index is 11.7. The van der Waals surface area contributed by atoms with Crippen LogP contribution in [-0.2, 0) is 33.3 Å². The van der Waals surface area contributed by atoms with Crippen LogP contribution in [0.5, 0.6) is 0 Å². The van der Waals surface area contributed by atoms with Crippen LogP contribution >= 0.6 is 22.6 Å². The quantitative estimate of drug-likeness (QED) is 0.241. The van der Waals surface area contributed by atoms with E-state index >= 15 is 0 Å². The van der Waals surface area contributed by atoms with Crippen molar-refractivity contribution in [2.75, 3.05) is 6.61 Å². The molecule has 1 aromatic heterocycles. The molecule has 0 N–H and O–H groups in total. The van der Waals surface area contributed by atoms with Crippen molar-refractivity contribution >= 4 is 40.5 Å². The van der Waals surface area contributed by atoms with E-state index in [4.69, 9.17) is 18.9 Å². The third-order valence-electron chi connectivity index (χ3n) is 3.82. The molecule has 0 saturated carbocycles. The predicted molar refractivity (Wildman–Crippen MR) is 102 cm³/mol. The summed E-state index contributed by atoms with van der Waals surface area (Å²) in [6.07, 6.45) is -0.425. The molecule has 0 unspecified atom stereocenters. The van der Waals surface area contributed by atoms with Crippen molar-refractivity contribution in [1.82, 2.24) is 15.0 Å². The summed E-state index contributed by atoms with van der Waals surface area (Å²) < 4.78 is 23.9. The first kappa shape index (κ1) is 22.1. The molecule has 0 aromatic carbocycles. The molecule has 1 aliphatic heterocycles. The summed E-state index contributed by atoms with van der Waals surface area (Å²) in [6.45, 7) is 7.10. The first-order chi connectivity index (χ1) is 13.2. The second kappa shape index (κ2) is 9.80. The first-order valence-electron chi connectivity index (χ1n) is 8.29. The van der Waals surface area contributed by atoms with Crippen molar-refractivity contribution in [3.8, 4) is 0 Å². The normalized spacial score (nSPS) is 26.6. The highest BCUT2D eigenvalue weighted by molar-refractivity contribution is 14.1. The van der Waals surface area contributed by atoms with Crippen molar-refractivity contribution in [3.05, 3.63) is 28.3 Å². The summed E-state index contributed by atoms with van der Waals surface area (Å²) in [4.78, 5) is 34.7. The molecule has 10 nitrogen and oxygen atoms in total. The molecule has 1 saturated heterocycles. The smallest absolute Gasteiger partial charge is 0.303 e. The van der Waals surface area contributed by atoms with Crippen molar-refractivity contribution in [1.29, 1.82) is 0 Å². The standard InChI is InChI=1S/C17H20IN3O7/c1-5-6-12-16(26-10(3)23)15(21-7-14(18)19-20-21)17(27-11(4)24)13(28-12)8-25-9(2)22/h6-7,12-13,15-17H,1,8H2,2-4H3/t12-,13-,15-,16+,17+/m1/s1. The maximum atomic E-state index is 11.7. The minimum absolute atomic E-state index is 0.177. The van der Waals surface area contributed by atoms with Crippen LogP contribution in [0.3, 0.4) is 0 Å². The summed E-state index contributed by atoms with van der Waals surface area (Å²) in [5.74, 6) is -1.66. The minimum Gasteiger partial charge on any atom is -0.463 e. The van der Waals surface area contributed by atoms with Crippen LogP contribution in [0.25, 0.3) is 0 Å². The second-order valence-corrected chi connectivity index (χ2v) is 7.08. The van der Waals surface area contributed by atoms with Gasteiger partial charge in [0, 0.05) is 20.8 Å². The number of aromatic nitrogens is 3. The Hall–Kier alpha value is -2.24. The number of halogens is 1. The van der Waals surface area contributed by atoms with Gasteiger partial charge in [-0.3, -0.25) is 14.4 Å². The highest BCUT2D eigenvalue weighted by Gasteiger charge is 2.51. The average molecular weight is 505 g/mol. The van der Waals surface area contributed by atoms with Gasteiger partial charge in [0.2, 0.25) is 0 Å². The van der Waals surface area contributed by atoms with E-state index in [-0.39, 0.29) is 6.61 Å². The summed E-state index contributed by atoms with van der Waals surface area (Å²) in [6, 6.07) is -0.785. The van der Waals surface area contributed by atoms with Crippen LogP contribution in [0.1, 0.15) is 26.8 Å². The van der Waals surface area contributed by atoms with E-state index in [0.717, 1.165) is 0 Å². The first-order valence-corrected chi connectivity index (χ1v) is 9.37. The SMILES string of the molecule is C=C=C[C@H]1O[C@H](COC(C)=O)[C@H](OC(C)=O)[C@H](n2cc(I)nn2)[C@H]1OC(C)=O. The summed E-state index contributed by atoms with van der Waals surface area (Å²) >= 11 is 1.97. The van der Waals surface area contributed by atoms with Crippen molar-refractivity contribution in [2.45, 2.75) is 51.2 Å². The number of carbonyl (C=O) groups is 3. The fraction of sp³-hybridized carbons (Fsp3) is 0.529. The molecule has 152 valence electrons. The van der Waals surface area contributed by atoms with Crippen LogP contribution in [-0.4, -0.2) is 63.9 Å². The average Bonchev–Trinajstić information content (AvgIpc) is 3.01. The van der Waals surface area contributed by atoms with Crippen LogP contribution in [0.2, 0.25) is 0 Å². The van der Waals surface area contributed by atoms with Crippen LogP contribution < -0.4 is 0 Å². The van der Waals surface area contributed by atoms with Gasteiger partial charge in [0.05, 0.1) is 6.20 Å². The Labute approximate surface area is 175 Å². The number of carbonyl (C=O) groups excluding carboxylic acids is 3. The van der Waals surface area contributed by atoms with E-state index in [0.29, 0.717) is 3.70 Å². The zero-order valence-electron chi connectivity index (χ0n) is 15.5. The summed E-state index contributed by atoms with van der Waals surface area (Å²) in [7, 11) is 0.